The minimum atomic E-state index is -4.32. The number of carbonyl (C=O) groups is 1. The van der Waals surface area contributed by atoms with E-state index < -0.39 is 11.7 Å². The Kier molecular flexibility index (Phi) is 8.28. The molecule has 0 aromatic heterocycles. The van der Waals surface area contributed by atoms with E-state index in [4.69, 9.17) is 0 Å². The SMILES string of the molecule is C=C(C)CNC(=NCC(=O)N(C)C)NC1CCN(Cc2ccc(C(F)(F)F)cc2)C1. The maximum atomic E-state index is 12.7. The number of benzene rings is 1. The summed E-state index contributed by atoms with van der Waals surface area (Å²) in [4.78, 5) is 19.9. The molecular weight excluding hydrogens is 395 g/mol. The number of aliphatic imine (C=N–C) groups is 1. The maximum Gasteiger partial charge on any atom is 0.416 e. The first-order chi connectivity index (χ1) is 14.0. The Morgan fingerprint density at radius 1 is 1.30 bits per heavy atom. The quantitative estimate of drug-likeness (QED) is 0.400. The first-order valence-corrected chi connectivity index (χ1v) is 9.82. The smallest absolute Gasteiger partial charge is 0.353 e. The first kappa shape index (κ1) is 23.7. The van der Waals surface area contributed by atoms with Crippen molar-refractivity contribution in [3.05, 3.63) is 47.5 Å². The van der Waals surface area contributed by atoms with Crippen LogP contribution in [0.15, 0.2) is 41.4 Å². The van der Waals surface area contributed by atoms with E-state index in [0.29, 0.717) is 19.0 Å². The van der Waals surface area contributed by atoms with Gasteiger partial charge in [0.05, 0.1) is 5.56 Å². The molecule has 30 heavy (non-hydrogen) atoms. The number of guanidine groups is 1. The molecule has 1 aliphatic heterocycles. The molecule has 0 aliphatic carbocycles. The fraction of sp³-hybridized carbons (Fsp3) is 0.524. The van der Waals surface area contributed by atoms with E-state index in [1.54, 1.807) is 14.1 Å². The molecule has 2 rings (SSSR count). The molecule has 0 spiro atoms. The second-order valence-corrected chi connectivity index (χ2v) is 7.82. The summed E-state index contributed by atoms with van der Waals surface area (Å²) >= 11 is 0. The zero-order valence-electron chi connectivity index (χ0n) is 17.7. The molecule has 1 atom stereocenters. The van der Waals surface area contributed by atoms with E-state index in [1.807, 2.05) is 6.92 Å². The van der Waals surface area contributed by atoms with Crippen molar-refractivity contribution in [2.75, 3.05) is 40.3 Å². The highest BCUT2D eigenvalue weighted by Crippen LogP contribution is 2.29. The number of nitrogens with one attached hydrogen (secondary N) is 2. The number of carbonyl (C=O) groups excluding carboxylic acids is 1. The molecule has 1 heterocycles. The van der Waals surface area contributed by atoms with Gasteiger partial charge in [-0.25, -0.2) is 4.99 Å². The summed E-state index contributed by atoms with van der Waals surface area (Å²) in [6.07, 6.45) is -3.45. The zero-order chi connectivity index (χ0) is 22.3. The van der Waals surface area contributed by atoms with Crippen LogP contribution in [-0.4, -0.2) is 68.0 Å². The van der Waals surface area contributed by atoms with Gasteiger partial charge in [0.15, 0.2) is 5.96 Å². The normalized spacial score (nSPS) is 17.7. The van der Waals surface area contributed by atoms with E-state index in [1.165, 1.54) is 17.0 Å². The minimum Gasteiger partial charge on any atom is -0.353 e. The topological polar surface area (TPSA) is 60.0 Å². The lowest BCUT2D eigenvalue weighted by Crippen LogP contribution is -2.45. The predicted molar refractivity (Wildman–Crippen MR) is 112 cm³/mol. The van der Waals surface area contributed by atoms with Gasteiger partial charge in [0.1, 0.15) is 6.54 Å². The van der Waals surface area contributed by atoms with E-state index >= 15 is 0 Å². The number of nitrogens with zero attached hydrogens (tertiary/aromatic N) is 3. The van der Waals surface area contributed by atoms with Crippen molar-refractivity contribution < 1.29 is 18.0 Å². The third-order valence-electron chi connectivity index (χ3n) is 4.73. The summed E-state index contributed by atoms with van der Waals surface area (Å²) in [5.74, 6) is 0.455. The number of rotatable bonds is 7. The van der Waals surface area contributed by atoms with Crippen molar-refractivity contribution in [2.45, 2.75) is 32.1 Å². The van der Waals surface area contributed by atoms with Gasteiger partial charge in [-0.05, 0) is 31.0 Å². The number of halogens is 3. The van der Waals surface area contributed by atoms with Crippen LogP contribution in [-0.2, 0) is 17.5 Å². The minimum absolute atomic E-state index is 0.0422. The fourth-order valence-corrected chi connectivity index (χ4v) is 3.02. The molecular formula is C21H30F3N5O. The lowest BCUT2D eigenvalue weighted by molar-refractivity contribution is -0.137. The number of likely N-dealkylation sites (N-methyl/N-ethyl adjacent to an activating group) is 1. The van der Waals surface area contributed by atoms with Crippen LogP contribution in [0.5, 0.6) is 0 Å². The lowest BCUT2D eigenvalue weighted by atomic mass is 10.1. The van der Waals surface area contributed by atoms with Crippen LogP contribution in [0.1, 0.15) is 24.5 Å². The third-order valence-corrected chi connectivity index (χ3v) is 4.73. The van der Waals surface area contributed by atoms with Crippen LogP contribution in [0.25, 0.3) is 0 Å². The van der Waals surface area contributed by atoms with Gasteiger partial charge < -0.3 is 15.5 Å². The van der Waals surface area contributed by atoms with Gasteiger partial charge in [0.25, 0.3) is 0 Å². The van der Waals surface area contributed by atoms with Gasteiger partial charge >= 0.3 is 6.18 Å². The van der Waals surface area contributed by atoms with Crippen LogP contribution in [0.3, 0.4) is 0 Å². The Hall–Kier alpha value is -2.55. The molecule has 1 amide bonds. The van der Waals surface area contributed by atoms with Gasteiger partial charge in [-0.2, -0.15) is 13.2 Å². The lowest BCUT2D eigenvalue weighted by Gasteiger charge is -2.20. The second kappa shape index (κ2) is 10.5. The Morgan fingerprint density at radius 3 is 2.53 bits per heavy atom. The van der Waals surface area contributed by atoms with Gasteiger partial charge in [-0.15, -0.1) is 0 Å². The summed E-state index contributed by atoms with van der Waals surface area (Å²) in [7, 11) is 3.37. The molecule has 1 saturated heterocycles. The van der Waals surface area contributed by atoms with E-state index in [2.05, 4.69) is 27.1 Å². The van der Waals surface area contributed by atoms with Crippen molar-refractivity contribution in [1.82, 2.24) is 20.4 Å². The molecule has 0 saturated carbocycles. The first-order valence-electron chi connectivity index (χ1n) is 9.82. The van der Waals surface area contributed by atoms with Crippen molar-refractivity contribution in [3.8, 4) is 0 Å². The zero-order valence-corrected chi connectivity index (χ0v) is 17.7. The van der Waals surface area contributed by atoms with Gasteiger partial charge in [0, 0.05) is 46.3 Å². The molecule has 2 N–H and O–H groups in total. The van der Waals surface area contributed by atoms with Crippen LogP contribution < -0.4 is 10.6 Å². The maximum absolute atomic E-state index is 12.7. The highest BCUT2D eigenvalue weighted by molar-refractivity contribution is 5.85. The number of hydrogen-bond acceptors (Lipinski definition) is 3. The molecule has 1 fully saturated rings. The Morgan fingerprint density at radius 2 is 1.97 bits per heavy atom. The second-order valence-electron chi connectivity index (χ2n) is 7.82. The third kappa shape index (κ3) is 7.70. The predicted octanol–water partition coefficient (Wildman–Crippen LogP) is 2.48. The molecule has 0 radical (unpaired) electrons. The Labute approximate surface area is 175 Å². The fourth-order valence-electron chi connectivity index (χ4n) is 3.02. The molecule has 1 unspecified atom stereocenters. The number of alkyl halides is 3. The molecule has 6 nitrogen and oxygen atoms in total. The van der Waals surface area contributed by atoms with Crippen LogP contribution >= 0.6 is 0 Å². The number of amides is 1. The van der Waals surface area contributed by atoms with E-state index in [0.717, 1.165) is 42.8 Å². The number of likely N-dealkylation sites (tertiary alicyclic amines) is 1. The molecule has 0 bridgehead atoms. The van der Waals surface area contributed by atoms with Crippen molar-refractivity contribution in [1.29, 1.82) is 0 Å². The van der Waals surface area contributed by atoms with Crippen molar-refractivity contribution in [2.24, 2.45) is 4.99 Å². The average molecular weight is 425 g/mol. The van der Waals surface area contributed by atoms with Crippen molar-refractivity contribution >= 4 is 11.9 Å². The van der Waals surface area contributed by atoms with Crippen LogP contribution in [0.4, 0.5) is 13.2 Å². The summed E-state index contributed by atoms with van der Waals surface area (Å²) in [5, 5.41) is 6.52. The van der Waals surface area contributed by atoms with Gasteiger partial charge in [-0.3, -0.25) is 9.69 Å². The highest BCUT2D eigenvalue weighted by atomic mass is 19.4. The summed E-state index contributed by atoms with van der Waals surface area (Å²) in [6.45, 7) is 8.49. The average Bonchev–Trinajstić information content (AvgIpc) is 3.10. The molecule has 9 heteroatoms. The monoisotopic (exact) mass is 425 g/mol. The molecule has 1 aromatic carbocycles. The molecule has 1 aliphatic rings. The standard InChI is InChI=1S/C21H30F3N5O/c1-15(2)11-25-20(26-12-19(30)28(3)4)27-18-9-10-29(14-18)13-16-5-7-17(8-6-16)21(22,23)24/h5-8,18H,1,9-14H2,2-4H3,(H2,25,26,27). The van der Waals surface area contributed by atoms with Gasteiger partial charge in [0.2, 0.25) is 5.91 Å². The van der Waals surface area contributed by atoms with E-state index in [-0.39, 0.29) is 18.5 Å². The summed E-state index contributed by atoms with van der Waals surface area (Å²) in [5.41, 5.74) is 1.15. The Balaban J connectivity index is 1.92. The number of hydrogen-bond donors (Lipinski definition) is 2. The van der Waals surface area contributed by atoms with Gasteiger partial charge in [-0.1, -0.05) is 24.3 Å². The largest absolute Gasteiger partial charge is 0.416 e. The molecule has 1 aromatic rings. The molecule has 166 valence electrons. The van der Waals surface area contributed by atoms with Crippen LogP contribution in [0, 0.1) is 0 Å². The summed E-state index contributed by atoms with van der Waals surface area (Å²) < 4.78 is 38.1. The summed E-state index contributed by atoms with van der Waals surface area (Å²) in [6, 6.07) is 5.42. The van der Waals surface area contributed by atoms with Crippen molar-refractivity contribution in [3.63, 3.8) is 0 Å². The highest BCUT2D eigenvalue weighted by Gasteiger charge is 2.30. The van der Waals surface area contributed by atoms with E-state index in [9.17, 15) is 18.0 Å². The van der Waals surface area contributed by atoms with Crippen LogP contribution in [0.2, 0.25) is 0 Å². The Bertz CT molecular complexity index is 759.